The van der Waals surface area contributed by atoms with E-state index in [0.717, 1.165) is 43.3 Å². The zero-order valence-electron chi connectivity index (χ0n) is 12.5. The summed E-state index contributed by atoms with van der Waals surface area (Å²) in [4.78, 5) is 2.11. The first kappa shape index (κ1) is 15.4. The van der Waals surface area contributed by atoms with E-state index in [9.17, 15) is 4.39 Å². The maximum Gasteiger partial charge on any atom is 0.127 e. The zero-order chi connectivity index (χ0) is 14.4. The van der Waals surface area contributed by atoms with E-state index in [4.69, 9.17) is 4.74 Å². The Morgan fingerprint density at radius 3 is 2.90 bits per heavy atom. The molecule has 0 aliphatic heterocycles. The number of nitrogens with one attached hydrogen (secondary N) is 1. The SMILES string of the molecule is CNCc1ccc(F)c(CN(C)CCOCC2CC2)c1. The Hall–Kier alpha value is -0.970. The molecule has 0 amide bonds. The first-order valence-electron chi connectivity index (χ1n) is 7.37. The van der Waals surface area contributed by atoms with Gasteiger partial charge in [0.15, 0.2) is 0 Å². The Morgan fingerprint density at radius 1 is 1.40 bits per heavy atom. The summed E-state index contributed by atoms with van der Waals surface area (Å²) in [5, 5.41) is 3.09. The van der Waals surface area contributed by atoms with Crippen molar-refractivity contribution in [2.45, 2.75) is 25.9 Å². The van der Waals surface area contributed by atoms with Gasteiger partial charge in [0.2, 0.25) is 0 Å². The third kappa shape index (κ3) is 5.19. The molecule has 0 saturated heterocycles. The summed E-state index contributed by atoms with van der Waals surface area (Å²) >= 11 is 0. The van der Waals surface area contributed by atoms with E-state index >= 15 is 0 Å². The van der Waals surface area contributed by atoms with Gasteiger partial charge in [-0.15, -0.1) is 0 Å². The zero-order valence-corrected chi connectivity index (χ0v) is 12.5. The smallest absolute Gasteiger partial charge is 0.127 e. The highest BCUT2D eigenvalue weighted by atomic mass is 19.1. The van der Waals surface area contributed by atoms with Crippen molar-refractivity contribution in [2.75, 3.05) is 33.9 Å². The summed E-state index contributed by atoms with van der Waals surface area (Å²) in [6, 6.07) is 5.32. The number of hydrogen-bond donors (Lipinski definition) is 1. The normalized spacial score (nSPS) is 15.0. The fraction of sp³-hybridized carbons (Fsp3) is 0.625. The number of nitrogens with zero attached hydrogens (tertiary/aromatic N) is 1. The lowest BCUT2D eigenvalue weighted by molar-refractivity contribution is 0.101. The topological polar surface area (TPSA) is 24.5 Å². The van der Waals surface area contributed by atoms with E-state index in [1.807, 2.05) is 26.2 Å². The lowest BCUT2D eigenvalue weighted by Crippen LogP contribution is -2.23. The molecule has 1 saturated carbocycles. The molecule has 0 heterocycles. The van der Waals surface area contributed by atoms with Gasteiger partial charge in [0.25, 0.3) is 0 Å². The molecule has 4 heteroatoms. The molecule has 1 N–H and O–H groups in total. The molecule has 1 aromatic rings. The van der Waals surface area contributed by atoms with Gasteiger partial charge in [-0.1, -0.05) is 12.1 Å². The molecule has 1 aliphatic rings. The minimum atomic E-state index is -0.129. The monoisotopic (exact) mass is 280 g/mol. The highest BCUT2D eigenvalue weighted by Crippen LogP contribution is 2.28. The van der Waals surface area contributed by atoms with E-state index in [-0.39, 0.29) is 5.82 Å². The molecule has 20 heavy (non-hydrogen) atoms. The van der Waals surface area contributed by atoms with Crippen LogP contribution >= 0.6 is 0 Å². The average molecular weight is 280 g/mol. The average Bonchev–Trinajstić information content (AvgIpc) is 3.23. The van der Waals surface area contributed by atoms with Gasteiger partial charge in [-0.3, -0.25) is 4.90 Å². The van der Waals surface area contributed by atoms with Crippen molar-refractivity contribution >= 4 is 0 Å². The highest BCUT2D eigenvalue weighted by Gasteiger charge is 2.20. The molecule has 0 aromatic heterocycles. The first-order valence-corrected chi connectivity index (χ1v) is 7.37. The molecular weight excluding hydrogens is 255 g/mol. The lowest BCUT2D eigenvalue weighted by atomic mass is 10.1. The summed E-state index contributed by atoms with van der Waals surface area (Å²) in [5.74, 6) is 0.673. The van der Waals surface area contributed by atoms with Gasteiger partial charge in [0.1, 0.15) is 5.82 Å². The molecule has 0 atom stereocenters. The van der Waals surface area contributed by atoms with Crippen LogP contribution in [0.1, 0.15) is 24.0 Å². The Morgan fingerprint density at radius 2 is 2.20 bits per heavy atom. The van der Waals surface area contributed by atoms with Crippen LogP contribution in [0.3, 0.4) is 0 Å². The van der Waals surface area contributed by atoms with Crippen LogP contribution in [0.25, 0.3) is 0 Å². The summed E-state index contributed by atoms with van der Waals surface area (Å²) in [5.41, 5.74) is 1.87. The van der Waals surface area contributed by atoms with E-state index < -0.39 is 0 Å². The number of likely N-dealkylation sites (N-methyl/N-ethyl adjacent to an activating group) is 1. The first-order chi connectivity index (χ1) is 9.69. The summed E-state index contributed by atoms with van der Waals surface area (Å²) in [6.45, 7) is 3.84. The van der Waals surface area contributed by atoms with Gasteiger partial charge in [0.05, 0.1) is 6.61 Å². The highest BCUT2D eigenvalue weighted by molar-refractivity contribution is 5.25. The Kier molecular flexibility index (Phi) is 5.95. The fourth-order valence-electron chi connectivity index (χ4n) is 2.19. The van der Waals surface area contributed by atoms with Crippen molar-refractivity contribution in [3.63, 3.8) is 0 Å². The maximum absolute atomic E-state index is 13.8. The second-order valence-corrected chi connectivity index (χ2v) is 5.71. The predicted molar refractivity (Wildman–Crippen MR) is 79.0 cm³/mol. The van der Waals surface area contributed by atoms with Crippen molar-refractivity contribution in [3.05, 3.63) is 35.1 Å². The fourth-order valence-corrected chi connectivity index (χ4v) is 2.19. The number of ether oxygens (including phenoxy) is 1. The molecule has 0 unspecified atom stereocenters. The van der Waals surface area contributed by atoms with Crippen LogP contribution in [-0.4, -0.2) is 38.8 Å². The minimum Gasteiger partial charge on any atom is -0.380 e. The number of hydrogen-bond acceptors (Lipinski definition) is 3. The van der Waals surface area contributed by atoms with Gasteiger partial charge in [-0.25, -0.2) is 4.39 Å². The van der Waals surface area contributed by atoms with Crippen molar-refractivity contribution < 1.29 is 9.13 Å². The second-order valence-electron chi connectivity index (χ2n) is 5.71. The Labute approximate surface area is 121 Å². The molecule has 112 valence electrons. The van der Waals surface area contributed by atoms with Gasteiger partial charge in [-0.05, 0) is 44.5 Å². The van der Waals surface area contributed by atoms with Crippen LogP contribution in [0.4, 0.5) is 4.39 Å². The van der Waals surface area contributed by atoms with Gasteiger partial charge in [0, 0.05) is 31.8 Å². The predicted octanol–water partition coefficient (Wildman–Crippen LogP) is 2.40. The largest absolute Gasteiger partial charge is 0.380 e. The minimum absolute atomic E-state index is 0.129. The third-order valence-corrected chi connectivity index (χ3v) is 3.60. The summed E-state index contributed by atoms with van der Waals surface area (Å²) in [6.07, 6.45) is 2.64. The van der Waals surface area contributed by atoms with Gasteiger partial charge < -0.3 is 10.1 Å². The van der Waals surface area contributed by atoms with Crippen molar-refractivity contribution in [1.29, 1.82) is 0 Å². The van der Waals surface area contributed by atoms with E-state index in [1.165, 1.54) is 12.8 Å². The van der Waals surface area contributed by atoms with Crippen LogP contribution in [0.5, 0.6) is 0 Å². The van der Waals surface area contributed by atoms with Crippen LogP contribution in [0.15, 0.2) is 18.2 Å². The van der Waals surface area contributed by atoms with E-state index in [2.05, 4.69) is 10.2 Å². The molecule has 0 bridgehead atoms. The van der Waals surface area contributed by atoms with Gasteiger partial charge in [-0.2, -0.15) is 0 Å². The molecule has 0 spiro atoms. The molecule has 3 nitrogen and oxygen atoms in total. The molecule has 0 radical (unpaired) electrons. The number of rotatable bonds is 9. The Bertz CT molecular complexity index is 421. The van der Waals surface area contributed by atoms with Crippen LogP contribution < -0.4 is 5.32 Å². The van der Waals surface area contributed by atoms with Crippen LogP contribution in [0.2, 0.25) is 0 Å². The second kappa shape index (κ2) is 7.72. The molecule has 1 fully saturated rings. The van der Waals surface area contributed by atoms with Crippen LogP contribution in [0, 0.1) is 11.7 Å². The van der Waals surface area contributed by atoms with Crippen molar-refractivity contribution in [3.8, 4) is 0 Å². The van der Waals surface area contributed by atoms with E-state index in [0.29, 0.717) is 6.54 Å². The quantitative estimate of drug-likeness (QED) is 0.703. The molecule has 1 aliphatic carbocycles. The van der Waals surface area contributed by atoms with Crippen molar-refractivity contribution in [2.24, 2.45) is 5.92 Å². The Balaban J connectivity index is 1.76. The van der Waals surface area contributed by atoms with Crippen molar-refractivity contribution in [1.82, 2.24) is 10.2 Å². The van der Waals surface area contributed by atoms with Gasteiger partial charge >= 0.3 is 0 Å². The number of benzene rings is 1. The van der Waals surface area contributed by atoms with Crippen LogP contribution in [-0.2, 0) is 17.8 Å². The third-order valence-electron chi connectivity index (χ3n) is 3.60. The van der Waals surface area contributed by atoms with E-state index in [1.54, 1.807) is 6.07 Å². The number of halogens is 1. The summed E-state index contributed by atoms with van der Waals surface area (Å²) < 4.78 is 19.4. The summed E-state index contributed by atoms with van der Waals surface area (Å²) in [7, 11) is 3.90. The molecule has 1 aromatic carbocycles. The molecular formula is C16H25FN2O. The molecule has 2 rings (SSSR count). The maximum atomic E-state index is 13.8. The lowest BCUT2D eigenvalue weighted by Gasteiger charge is -2.17. The standard InChI is InChI=1S/C16H25FN2O/c1-18-10-14-5-6-16(17)15(9-14)11-19(2)7-8-20-12-13-3-4-13/h5-6,9,13,18H,3-4,7-8,10-12H2,1-2H3.